The predicted octanol–water partition coefficient (Wildman–Crippen LogP) is 0.833. The molecule has 0 aliphatic heterocycles. The predicted molar refractivity (Wildman–Crippen MR) is 60.8 cm³/mol. The van der Waals surface area contributed by atoms with Gasteiger partial charge in [0, 0.05) is 13.1 Å². The van der Waals surface area contributed by atoms with Crippen LogP contribution in [0.15, 0.2) is 4.34 Å². The van der Waals surface area contributed by atoms with E-state index >= 15 is 0 Å². The highest BCUT2D eigenvalue weighted by molar-refractivity contribution is 8.01. The maximum atomic E-state index is 11.6. The summed E-state index contributed by atoms with van der Waals surface area (Å²) in [5.74, 6) is 0.568. The van der Waals surface area contributed by atoms with E-state index in [2.05, 4.69) is 10.2 Å². The van der Waals surface area contributed by atoms with Crippen LogP contribution in [0.25, 0.3) is 0 Å². The van der Waals surface area contributed by atoms with E-state index in [1.807, 2.05) is 11.9 Å². The summed E-state index contributed by atoms with van der Waals surface area (Å²) in [6, 6.07) is 0.470. The number of aromatic nitrogens is 2. The van der Waals surface area contributed by atoms with Crippen molar-refractivity contribution in [2.75, 3.05) is 18.5 Å². The van der Waals surface area contributed by atoms with Gasteiger partial charge in [-0.3, -0.25) is 4.79 Å². The lowest BCUT2D eigenvalue weighted by Crippen LogP contribution is -2.30. The molecule has 0 saturated heterocycles. The fourth-order valence-electron chi connectivity index (χ4n) is 1.17. The smallest absolute Gasteiger partial charge is 0.233 e. The van der Waals surface area contributed by atoms with Crippen molar-refractivity contribution in [3.05, 3.63) is 0 Å². The van der Waals surface area contributed by atoms with Gasteiger partial charge in [-0.2, -0.15) is 0 Å². The highest BCUT2D eigenvalue weighted by atomic mass is 32.2. The maximum absolute atomic E-state index is 11.6. The Hall–Kier alpha value is -0.820. The van der Waals surface area contributed by atoms with E-state index in [0.717, 1.165) is 17.2 Å². The third-order valence-corrected chi connectivity index (χ3v) is 4.10. The zero-order chi connectivity index (χ0) is 10.8. The van der Waals surface area contributed by atoms with Gasteiger partial charge in [0.2, 0.25) is 11.0 Å². The van der Waals surface area contributed by atoms with Crippen LogP contribution in [-0.4, -0.2) is 39.8 Å². The first-order valence-electron chi connectivity index (χ1n) is 4.64. The number of hydrogen-bond acceptors (Lipinski definition) is 6. The van der Waals surface area contributed by atoms with E-state index in [9.17, 15) is 4.79 Å². The summed E-state index contributed by atoms with van der Waals surface area (Å²) in [7, 11) is 1.86. The first-order valence-corrected chi connectivity index (χ1v) is 6.44. The minimum absolute atomic E-state index is 0.149. The number of anilines is 1. The van der Waals surface area contributed by atoms with E-state index in [4.69, 9.17) is 5.73 Å². The van der Waals surface area contributed by atoms with Crippen LogP contribution in [0.5, 0.6) is 0 Å². The summed E-state index contributed by atoms with van der Waals surface area (Å²) in [6.45, 7) is 0. The fraction of sp³-hybridized carbons (Fsp3) is 0.625. The summed E-state index contributed by atoms with van der Waals surface area (Å²) in [5, 5.41) is 7.98. The first kappa shape index (κ1) is 10.7. The van der Waals surface area contributed by atoms with Crippen LogP contribution in [0.1, 0.15) is 12.8 Å². The molecular formula is C8H12N4OS2. The molecule has 82 valence electrons. The van der Waals surface area contributed by atoms with Crippen LogP contribution in [0, 0.1) is 0 Å². The Labute approximate surface area is 96.0 Å². The van der Waals surface area contributed by atoms with Crippen molar-refractivity contribution >= 4 is 34.1 Å². The van der Waals surface area contributed by atoms with Crippen molar-refractivity contribution < 1.29 is 4.79 Å². The number of thioether (sulfide) groups is 1. The second kappa shape index (κ2) is 4.36. The Morgan fingerprint density at radius 2 is 2.40 bits per heavy atom. The van der Waals surface area contributed by atoms with Crippen LogP contribution in [0.2, 0.25) is 0 Å². The van der Waals surface area contributed by atoms with E-state index in [1.165, 1.54) is 23.1 Å². The molecule has 2 rings (SSSR count). The van der Waals surface area contributed by atoms with Gasteiger partial charge in [0.1, 0.15) is 0 Å². The number of amides is 1. The molecule has 5 nitrogen and oxygen atoms in total. The first-order chi connectivity index (χ1) is 7.16. The summed E-state index contributed by atoms with van der Waals surface area (Å²) >= 11 is 2.71. The number of carbonyl (C=O) groups excluding carboxylic acids is 1. The number of nitrogen functional groups attached to an aromatic ring is 1. The molecule has 0 spiro atoms. The molecule has 1 aromatic heterocycles. The fourth-order valence-corrected chi connectivity index (χ4v) is 2.73. The number of rotatable bonds is 4. The lowest BCUT2D eigenvalue weighted by molar-refractivity contribution is -0.127. The van der Waals surface area contributed by atoms with Crippen LogP contribution < -0.4 is 5.73 Å². The molecule has 1 amide bonds. The molecule has 15 heavy (non-hydrogen) atoms. The minimum Gasteiger partial charge on any atom is -0.374 e. The summed E-state index contributed by atoms with van der Waals surface area (Å²) < 4.78 is 0.755. The van der Waals surface area contributed by atoms with E-state index in [-0.39, 0.29) is 5.91 Å². The van der Waals surface area contributed by atoms with Crippen molar-refractivity contribution in [1.82, 2.24) is 15.1 Å². The van der Waals surface area contributed by atoms with Crippen LogP contribution in [0.4, 0.5) is 5.13 Å². The Kier molecular flexibility index (Phi) is 3.11. The normalized spacial score (nSPS) is 15.3. The van der Waals surface area contributed by atoms with Crippen molar-refractivity contribution in [3.63, 3.8) is 0 Å². The largest absolute Gasteiger partial charge is 0.374 e. The van der Waals surface area contributed by atoms with Gasteiger partial charge in [0.05, 0.1) is 5.75 Å². The lowest BCUT2D eigenvalue weighted by Gasteiger charge is -2.14. The van der Waals surface area contributed by atoms with Gasteiger partial charge in [-0.25, -0.2) is 0 Å². The average molecular weight is 244 g/mol. The third-order valence-electron chi connectivity index (χ3n) is 2.23. The van der Waals surface area contributed by atoms with Crippen molar-refractivity contribution in [2.24, 2.45) is 0 Å². The van der Waals surface area contributed by atoms with Gasteiger partial charge in [0.25, 0.3) is 0 Å². The molecule has 1 aliphatic carbocycles. The Bertz CT molecular complexity index is 363. The molecule has 0 atom stereocenters. The molecule has 7 heteroatoms. The summed E-state index contributed by atoms with van der Waals surface area (Å²) in [5.41, 5.74) is 5.44. The lowest BCUT2D eigenvalue weighted by atomic mass is 10.5. The van der Waals surface area contributed by atoms with Gasteiger partial charge in [0.15, 0.2) is 4.34 Å². The highest BCUT2D eigenvalue weighted by Crippen LogP contribution is 2.28. The molecular weight excluding hydrogens is 232 g/mol. The number of nitrogens with zero attached hydrogens (tertiary/aromatic N) is 3. The Balaban J connectivity index is 1.79. The zero-order valence-electron chi connectivity index (χ0n) is 8.34. The number of hydrogen-bond donors (Lipinski definition) is 1. The third kappa shape index (κ3) is 2.82. The van der Waals surface area contributed by atoms with E-state index < -0.39 is 0 Å². The Morgan fingerprint density at radius 1 is 1.67 bits per heavy atom. The monoisotopic (exact) mass is 244 g/mol. The van der Waals surface area contributed by atoms with E-state index in [0.29, 0.717) is 16.9 Å². The SMILES string of the molecule is CN(C(=O)CSc1nnc(N)s1)C1CC1. The zero-order valence-corrected chi connectivity index (χ0v) is 9.98. The average Bonchev–Trinajstić information content (AvgIpc) is 2.98. The molecule has 1 aromatic rings. The molecule has 1 saturated carbocycles. The van der Waals surface area contributed by atoms with Gasteiger partial charge in [-0.05, 0) is 12.8 Å². The van der Waals surface area contributed by atoms with Gasteiger partial charge < -0.3 is 10.6 Å². The molecule has 0 radical (unpaired) electrons. The second-order valence-corrected chi connectivity index (χ2v) is 5.66. The maximum Gasteiger partial charge on any atom is 0.233 e. The van der Waals surface area contributed by atoms with Crippen molar-refractivity contribution in [1.29, 1.82) is 0 Å². The molecule has 0 aromatic carbocycles. The molecule has 1 fully saturated rings. The molecule has 2 N–H and O–H groups in total. The highest BCUT2D eigenvalue weighted by Gasteiger charge is 2.29. The topological polar surface area (TPSA) is 72.1 Å². The number of nitrogens with two attached hydrogens (primary N) is 1. The van der Waals surface area contributed by atoms with Crippen LogP contribution >= 0.6 is 23.1 Å². The Morgan fingerprint density at radius 3 is 2.93 bits per heavy atom. The molecule has 0 unspecified atom stereocenters. The molecule has 0 bridgehead atoms. The summed E-state index contributed by atoms with van der Waals surface area (Å²) in [6.07, 6.45) is 2.28. The van der Waals surface area contributed by atoms with Crippen molar-refractivity contribution in [2.45, 2.75) is 23.2 Å². The number of carbonyl (C=O) groups is 1. The van der Waals surface area contributed by atoms with Gasteiger partial charge in [-0.15, -0.1) is 10.2 Å². The minimum atomic E-state index is 0.149. The van der Waals surface area contributed by atoms with Gasteiger partial charge in [-0.1, -0.05) is 23.1 Å². The van der Waals surface area contributed by atoms with Gasteiger partial charge >= 0.3 is 0 Å². The molecule has 1 heterocycles. The second-order valence-electron chi connectivity index (χ2n) is 3.43. The molecule has 1 aliphatic rings. The van der Waals surface area contributed by atoms with E-state index in [1.54, 1.807) is 0 Å². The van der Waals surface area contributed by atoms with Crippen LogP contribution in [-0.2, 0) is 4.79 Å². The summed E-state index contributed by atoms with van der Waals surface area (Å²) in [4.78, 5) is 13.5. The quantitative estimate of drug-likeness (QED) is 0.794. The van der Waals surface area contributed by atoms with Crippen molar-refractivity contribution in [3.8, 4) is 0 Å². The standard InChI is InChI=1S/C8H12N4OS2/c1-12(5-2-3-5)6(13)4-14-8-11-10-7(9)15-8/h5H,2-4H2,1H3,(H2,9,10). The van der Waals surface area contributed by atoms with Crippen LogP contribution in [0.3, 0.4) is 0 Å².